The molecular formula is C51H25F10N5O2S. The van der Waals surface area contributed by atoms with Crippen LogP contribution in [-0.4, -0.2) is 32.3 Å². The summed E-state index contributed by atoms with van der Waals surface area (Å²) in [6, 6.07) is 29.3. The molecule has 0 amide bonds. The number of benzene rings is 5. The zero-order valence-electron chi connectivity index (χ0n) is 34.6. The maximum absolute atomic E-state index is 15.8. The van der Waals surface area contributed by atoms with Crippen molar-refractivity contribution in [3.63, 3.8) is 0 Å². The van der Waals surface area contributed by atoms with Crippen LogP contribution >= 0.6 is 0 Å². The number of aromatic amines is 3. The summed E-state index contributed by atoms with van der Waals surface area (Å²) in [5.41, 5.74) is -2.20. The average Bonchev–Trinajstić information content (AvgIpc) is 4.23. The van der Waals surface area contributed by atoms with E-state index in [0.717, 1.165) is 0 Å². The van der Waals surface area contributed by atoms with Gasteiger partial charge >= 0.3 is 0 Å². The number of H-pyrrole nitrogens is 3. The molecule has 0 fully saturated rings. The number of aromatic nitrogens is 5. The van der Waals surface area contributed by atoms with Crippen molar-refractivity contribution in [3.8, 4) is 44.5 Å². The highest BCUT2D eigenvalue weighted by Crippen LogP contribution is 2.42. The Bertz CT molecular complexity index is 4040. The number of nitrogens with zero attached hydrogens (tertiary/aromatic N) is 2. The van der Waals surface area contributed by atoms with Gasteiger partial charge in [0.1, 0.15) is 0 Å². The van der Waals surface area contributed by atoms with Crippen LogP contribution in [0.5, 0.6) is 0 Å². The lowest BCUT2D eigenvalue weighted by Crippen LogP contribution is -2.11. The van der Waals surface area contributed by atoms with Gasteiger partial charge in [-0.15, -0.1) is 0 Å². The molecule has 7 nitrogen and oxygen atoms in total. The fourth-order valence-corrected chi connectivity index (χ4v) is 10.1. The highest BCUT2D eigenvalue weighted by atomic mass is 32.2. The van der Waals surface area contributed by atoms with Crippen LogP contribution in [0.15, 0.2) is 126 Å². The smallest absolute Gasteiger partial charge is 0.268 e. The summed E-state index contributed by atoms with van der Waals surface area (Å²) in [6.07, 6.45) is 4.02. The molecule has 0 radical (unpaired) electrons. The molecule has 1 aliphatic heterocycles. The number of para-hydroxylation sites is 1. The second-order valence-electron chi connectivity index (χ2n) is 15.8. The van der Waals surface area contributed by atoms with Crippen molar-refractivity contribution in [3.05, 3.63) is 191 Å². The van der Waals surface area contributed by atoms with Gasteiger partial charge in [0.2, 0.25) is 11.6 Å². The van der Waals surface area contributed by atoms with E-state index in [1.165, 1.54) is 70.9 Å². The zero-order valence-corrected chi connectivity index (χ0v) is 35.4. The van der Waals surface area contributed by atoms with Crippen LogP contribution in [0.4, 0.5) is 43.9 Å². The lowest BCUT2D eigenvalue weighted by atomic mass is 10.00. The molecule has 0 atom stereocenters. The zero-order chi connectivity index (χ0) is 48.2. The lowest BCUT2D eigenvalue weighted by molar-refractivity contribution is 0.381. The maximum Gasteiger partial charge on any atom is 0.268 e. The molecule has 0 saturated heterocycles. The largest absolute Gasteiger partial charge is 0.354 e. The van der Waals surface area contributed by atoms with Crippen molar-refractivity contribution >= 4 is 66.2 Å². The first-order chi connectivity index (χ1) is 33.1. The van der Waals surface area contributed by atoms with Gasteiger partial charge in [-0.05, 0) is 77.9 Å². The Hall–Kier alpha value is -8.38. The van der Waals surface area contributed by atoms with Crippen LogP contribution in [-0.2, 0) is 10.0 Å². The van der Waals surface area contributed by atoms with Crippen LogP contribution < -0.4 is 0 Å². The summed E-state index contributed by atoms with van der Waals surface area (Å²) in [6.45, 7) is 0. The predicted octanol–water partition coefficient (Wildman–Crippen LogP) is 13.9. The molecule has 8 bridgehead atoms. The van der Waals surface area contributed by atoms with Crippen LogP contribution in [0.3, 0.4) is 0 Å². The van der Waals surface area contributed by atoms with E-state index >= 15 is 17.6 Å². The lowest BCUT2D eigenvalue weighted by Gasteiger charge is -2.10. The number of hydrogen-bond acceptors (Lipinski definition) is 3. The first-order valence-electron chi connectivity index (χ1n) is 20.5. The topological polar surface area (TPSA) is 99.3 Å². The highest BCUT2D eigenvalue weighted by molar-refractivity contribution is 7.90. The summed E-state index contributed by atoms with van der Waals surface area (Å²) < 4.78 is 181. The Morgan fingerprint density at radius 3 is 1.38 bits per heavy atom. The van der Waals surface area contributed by atoms with E-state index in [9.17, 15) is 34.8 Å². The average molecular weight is 962 g/mol. The van der Waals surface area contributed by atoms with Crippen molar-refractivity contribution < 1.29 is 52.3 Å². The Morgan fingerprint density at radius 2 is 0.812 bits per heavy atom. The molecule has 0 aliphatic carbocycles. The fraction of sp³-hybridized carbons (Fsp3) is 0. The second-order valence-corrected chi connectivity index (χ2v) is 17.7. The van der Waals surface area contributed by atoms with Gasteiger partial charge in [-0.1, -0.05) is 60.7 Å². The van der Waals surface area contributed by atoms with E-state index in [2.05, 4.69) is 19.9 Å². The van der Waals surface area contributed by atoms with E-state index < -0.39 is 90.4 Å². The highest BCUT2D eigenvalue weighted by Gasteiger charge is 2.31. The normalized spacial score (nSPS) is 12.3. The molecule has 69 heavy (non-hydrogen) atoms. The van der Waals surface area contributed by atoms with E-state index in [4.69, 9.17) is 0 Å². The van der Waals surface area contributed by atoms with Crippen molar-refractivity contribution in [1.82, 2.24) is 23.9 Å². The van der Waals surface area contributed by atoms with Gasteiger partial charge in [0.25, 0.3) is 10.0 Å². The first kappa shape index (κ1) is 43.2. The van der Waals surface area contributed by atoms with Crippen LogP contribution in [0, 0.1) is 58.2 Å². The third-order valence-corrected chi connectivity index (χ3v) is 13.6. The van der Waals surface area contributed by atoms with Crippen molar-refractivity contribution in [2.24, 2.45) is 0 Å². The van der Waals surface area contributed by atoms with Gasteiger partial charge in [0.15, 0.2) is 46.5 Å². The molecule has 1 aliphatic rings. The van der Waals surface area contributed by atoms with Crippen LogP contribution in [0.2, 0.25) is 0 Å². The number of nitrogens with one attached hydrogen (secondary N) is 3. The second kappa shape index (κ2) is 15.9. The van der Waals surface area contributed by atoms with E-state index in [1.54, 1.807) is 66.7 Å². The molecule has 5 aromatic heterocycles. The van der Waals surface area contributed by atoms with Gasteiger partial charge in [0.05, 0.1) is 38.4 Å². The fourth-order valence-electron chi connectivity index (χ4n) is 8.74. The van der Waals surface area contributed by atoms with Gasteiger partial charge in [-0.25, -0.2) is 61.3 Å². The minimum absolute atomic E-state index is 0.0173. The van der Waals surface area contributed by atoms with Crippen molar-refractivity contribution in [1.29, 1.82) is 0 Å². The van der Waals surface area contributed by atoms with Gasteiger partial charge in [-0.2, -0.15) is 0 Å². The van der Waals surface area contributed by atoms with Gasteiger partial charge in [-0.3, -0.25) is 0 Å². The summed E-state index contributed by atoms with van der Waals surface area (Å²) in [5, 5.41) is 0.582. The van der Waals surface area contributed by atoms with Crippen molar-refractivity contribution in [2.45, 2.75) is 4.90 Å². The number of fused-ring (bicyclic) bond motifs is 10. The Morgan fingerprint density at radius 1 is 0.391 bits per heavy atom. The Kier molecular flexibility index (Phi) is 9.94. The summed E-state index contributed by atoms with van der Waals surface area (Å²) in [5.74, 6) is -22.2. The minimum Gasteiger partial charge on any atom is -0.354 e. The van der Waals surface area contributed by atoms with Crippen LogP contribution in [0.1, 0.15) is 11.4 Å². The van der Waals surface area contributed by atoms with Gasteiger partial charge < -0.3 is 15.0 Å². The van der Waals surface area contributed by atoms with Crippen LogP contribution in [0.25, 0.3) is 101 Å². The summed E-state index contributed by atoms with van der Waals surface area (Å²) >= 11 is 0. The third-order valence-electron chi connectivity index (χ3n) is 12.0. The Balaban J connectivity index is 1.22. The van der Waals surface area contributed by atoms with E-state index in [1.807, 2.05) is 0 Å². The Labute approximate surface area is 381 Å². The summed E-state index contributed by atoms with van der Waals surface area (Å²) in [4.78, 5) is 13.4. The monoisotopic (exact) mass is 961 g/mol. The minimum atomic E-state index is -4.07. The molecule has 0 spiro atoms. The maximum atomic E-state index is 15.8. The molecule has 11 rings (SSSR count). The molecule has 0 saturated carbocycles. The predicted molar refractivity (Wildman–Crippen MR) is 241 cm³/mol. The molecule has 342 valence electrons. The van der Waals surface area contributed by atoms with Gasteiger partial charge in [0, 0.05) is 61.4 Å². The number of rotatable bonds is 6. The summed E-state index contributed by atoms with van der Waals surface area (Å²) in [7, 11) is -4.07. The number of hydrogen-bond donors (Lipinski definition) is 3. The first-order valence-corrected chi connectivity index (χ1v) is 22.0. The molecule has 6 heterocycles. The molecule has 0 unspecified atom stereocenters. The molecule has 3 N–H and O–H groups in total. The molecule has 18 heteroatoms. The molecule has 10 aromatic rings. The van der Waals surface area contributed by atoms with E-state index in [-0.39, 0.29) is 54.9 Å². The quantitative estimate of drug-likeness (QED) is 0.0879. The number of halogens is 10. The van der Waals surface area contributed by atoms with E-state index in [0.29, 0.717) is 27.6 Å². The SMILES string of the molecule is O=S(=O)(c1ccccc1)n1cc(-c2ccc(-c3c4ccc([nH]4)c(-c4c(F)c(F)c(F)c(F)c4F)c4nc(c5ccc([nH]5)c(-c5c(F)c(F)c(F)c(F)c5F)c5ccc3[nH]5)C=C4)cc2)c2ccccc21. The molecule has 5 aromatic carbocycles. The van der Waals surface area contributed by atoms with Crippen molar-refractivity contribution in [2.75, 3.05) is 0 Å². The third kappa shape index (κ3) is 6.64. The molecular weight excluding hydrogens is 937 g/mol. The standard InChI is InChI=1S/C51H25F10N5O2S/c52-42-40(43(53)47(57)50(60)46(42)56)38-32-16-14-28(62-32)29-15-17-33(63-29)39(41-44(54)48(58)51(61)49(59)45(41)55)35-21-19-31(65-35)37(30-18-20-34(38)64-30)24-12-10-23(11-13-24)27-22-66(36-9-5-4-8-26(27)36)69(67,68)25-6-2-1-3-7-25/h1-22,62,64-65H.